The van der Waals surface area contributed by atoms with Crippen molar-refractivity contribution in [3.63, 3.8) is 0 Å². The molecule has 0 heterocycles. The number of nitro groups is 1. The maximum absolute atomic E-state index is 10.5. The van der Waals surface area contributed by atoms with Gasteiger partial charge in [-0.2, -0.15) is 0 Å². The number of nitro benzene ring substituents is 1. The Balaban J connectivity index is 0.00000324. The Kier molecular flexibility index (Phi) is 9.02. The molecule has 0 radical (unpaired) electrons. The fourth-order valence-electron chi connectivity index (χ4n) is 1.16. The number of benzene rings is 1. The Morgan fingerprint density at radius 2 is 1.68 bits per heavy atom. The van der Waals surface area contributed by atoms with E-state index in [2.05, 4.69) is 0 Å². The van der Waals surface area contributed by atoms with Crippen molar-refractivity contribution in [1.29, 1.82) is 0 Å². The zero-order chi connectivity index (χ0) is 13.6. The number of non-ortho nitro benzene ring substituents is 1. The predicted molar refractivity (Wildman–Crippen MR) is 71.3 cm³/mol. The average Bonchev–Trinajstić information content (AvgIpc) is 2.30. The van der Waals surface area contributed by atoms with Crippen molar-refractivity contribution in [1.82, 2.24) is 0 Å². The van der Waals surface area contributed by atoms with Crippen molar-refractivity contribution in [2.24, 2.45) is 0 Å². The van der Waals surface area contributed by atoms with Crippen LogP contribution < -0.4 is 34.1 Å². The fraction of sp³-hybridized carbons (Fsp3) is 0.400. The molecule has 0 N–H and O–H groups in total. The second kappa shape index (κ2) is 9.02. The van der Waals surface area contributed by atoms with Crippen LogP contribution in [0.3, 0.4) is 0 Å². The summed E-state index contributed by atoms with van der Waals surface area (Å²) in [6, 6.07) is 5.62. The van der Waals surface area contributed by atoms with E-state index in [1.54, 1.807) is 13.8 Å². The molecule has 100 valence electrons. The summed E-state index contributed by atoms with van der Waals surface area (Å²) in [6.07, 6.45) is 0. The van der Waals surface area contributed by atoms with Crippen LogP contribution in [0.5, 0.6) is 5.75 Å². The van der Waals surface area contributed by atoms with Crippen molar-refractivity contribution in [3.05, 3.63) is 34.4 Å². The van der Waals surface area contributed by atoms with Gasteiger partial charge in [-0.05, 0) is 26.0 Å². The largest absolute Gasteiger partial charge is 1.00 e. The van der Waals surface area contributed by atoms with E-state index >= 15 is 0 Å². The number of hydrogen-bond acceptors (Lipinski definition) is 6. The summed E-state index contributed by atoms with van der Waals surface area (Å²) >= 11 is 5.18. The molecule has 0 amide bonds. The van der Waals surface area contributed by atoms with Crippen LogP contribution in [0.15, 0.2) is 24.3 Å². The van der Waals surface area contributed by atoms with Crippen LogP contribution >= 0.6 is 6.72 Å². The van der Waals surface area contributed by atoms with Crippen molar-refractivity contribution in [2.45, 2.75) is 13.8 Å². The molecule has 0 saturated heterocycles. The first-order valence-electron chi connectivity index (χ1n) is 5.34. The standard InChI is InChI=1S/C10H14NO5PS.Na/c1-3-14-17(18,15-4-2)16-10-7-5-9(6-8-10)11(12)13;/h5-8H,3-4H2,1-2H3;/q;+1. The zero-order valence-electron chi connectivity index (χ0n) is 11.1. The molecule has 0 aliphatic rings. The van der Waals surface area contributed by atoms with E-state index in [-0.39, 0.29) is 35.2 Å². The van der Waals surface area contributed by atoms with Crippen LogP contribution in [0.4, 0.5) is 5.69 Å². The van der Waals surface area contributed by atoms with E-state index in [1.165, 1.54) is 24.3 Å². The molecule has 1 aromatic carbocycles. The van der Waals surface area contributed by atoms with Gasteiger partial charge in [-0.25, -0.2) is 0 Å². The van der Waals surface area contributed by atoms with Gasteiger partial charge >= 0.3 is 36.3 Å². The molecule has 0 aliphatic heterocycles. The van der Waals surface area contributed by atoms with Gasteiger partial charge in [0, 0.05) is 23.9 Å². The minimum Gasteiger partial charge on any atom is -0.424 e. The van der Waals surface area contributed by atoms with Gasteiger partial charge in [0.05, 0.1) is 18.1 Å². The molecule has 1 aromatic rings. The third-order valence-electron chi connectivity index (χ3n) is 1.84. The summed E-state index contributed by atoms with van der Waals surface area (Å²) < 4.78 is 16.1. The van der Waals surface area contributed by atoms with Crippen molar-refractivity contribution < 1.29 is 48.1 Å². The van der Waals surface area contributed by atoms with Crippen LogP contribution in [0.2, 0.25) is 0 Å². The van der Waals surface area contributed by atoms with E-state index in [1.807, 2.05) is 0 Å². The average molecular weight is 314 g/mol. The topological polar surface area (TPSA) is 70.8 Å². The Bertz CT molecular complexity index is 446. The molecule has 0 saturated carbocycles. The summed E-state index contributed by atoms with van der Waals surface area (Å²) in [5.41, 5.74) is -0.0107. The van der Waals surface area contributed by atoms with Gasteiger partial charge in [0.1, 0.15) is 5.75 Å². The molecule has 0 atom stereocenters. The summed E-state index contributed by atoms with van der Waals surface area (Å²) in [6.45, 7) is 1.52. The normalized spacial score (nSPS) is 10.6. The maximum Gasteiger partial charge on any atom is 1.00 e. The van der Waals surface area contributed by atoms with E-state index < -0.39 is 11.6 Å². The van der Waals surface area contributed by atoms with Gasteiger partial charge in [-0.15, -0.1) is 0 Å². The molecule has 0 aliphatic carbocycles. The molecule has 0 bridgehead atoms. The summed E-state index contributed by atoms with van der Waals surface area (Å²) in [4.78, 5) is 10.0. The first-order valence-corrected chi connectivity index (χ1v) is 7.89. The van der Waals surface area contributed by atoms with E-state index in [0.29, 0.717) is 19.0 Å². The third kappa shape index (κ3) is 6.31. The van der Waals surface area contributed by atoms with Crippen molar-refractivity contribution in [3.8, 4) is 5.75 Å². The molecule has 6 nitrogen and oxygen atoms in total. The number of rotatable bonds is 7. The first-order chi connectivity index (χ1) is 8.50. The quantitative estimate of drug-likeness (QED) is 0.311. The van der Waals surface area contributed by atoms with Crippen LogP contribution in [-0.2, 0) is 20.9 Å². The van der Waals surface area contributed by atoms with E-state index in [4.69, 9.17) is 25.4 Å². The molecule has 0 spiro atoms. The number of hydrogen-bond donors (Lipinski definition) is 0. The second-order valence-electron chi connectivity index (χ2n) is 3.13. The van der Waals surface area contributed by atoms with Gasteiger partial charge in [-0.3, -0.25) is 19.2 Å². The number of nitrogens with zero attached hydrogens (tertiary/aromatic N) is 1. The van der Waals surface area contributed by atoms with Crippen LogP contribution in [0.25, 0.3) is 0 Å². The zero-order valence-corrected chi connectivity index (χ0v) is 14.8. The van der Waals surface area contributed by atoms with Crippen molar-refractivity contribution in [2.75, 3.05) is 13.2 Å². The molecule has 19 heavy (non-hydrogen) atoms. The van der Waals surface area contributed by atoms with E-state index in [9.17, 15) is 10.1 Å². The minimum atomic E-state index is -2.82. The van der Waals surface area contributed by atoms with Crippen molar-refractivity contribution >= 4 is 24.2 Å². The van der Waals surface area contributed by atoms with Crippen LogP contribution in [0.1, 0.15) is 13.8 Å². The Labute approximate surface area is 139 Å². The molecule has 0 unspecified atom stereocenters. The van der Waals surface area contributed by atoms with Gasteiger partial charge in [0.15, 0.2) is 0 Å². The molecule has 1 rings (SSSR count). The Morgan fingerprint density at radius 3 is 2.05 bits per heavy atom. The Hall–Kier alpha value is -0.0100. The smallest absolute Gasteiger partial charge is 0.424 e. The first kappa shape index (κ1) is 19.0. The second-order valence-corrected chi connectivity index (χ2v) is 6.06. The fourth-order valence-corrected chi connectivity index (χ4v) is 3.25. The summed E-state index contributed by atoms with van der Waals surface area (Å²) in [5, 5.41) is 10.5. The van der Waals surface area contributed by atoms with E-state index in [0.717, 1.165) is 0 Å². The van der Waals surface area contributed by atoms with Gasteiger partial charge in [0.25, 0.3) is 5.69 Å². The van der Waals surface area contributed by atoms with Crippen LogP contribution in [0, 0.1) is 10.1 Å². The third-order valence-corrected chi connectivity index (χ3v) is 4.28. The van der Waals surface area contributed by atoms with Crippen LogP contribution in [-0.4, -0.2) is 18.1 Å². The minimum absolute atomic E-state index is 0. The Morgan fingerprint density at radius 1 is 1.21 bits per heavy atom. The molecular formula is C10H14NNaO5PS+. The monoisotopic (exact) mass is 314 g/mol. The van der Waals surface area contributed by atoms with Gasteiger partial charge in [0.2, 0.25) is 0 Å². The molecular weight excluding hydrogens is 300 g/mol. The van der Waals surface area contributed by atoms with Gasteiger partial charge in [-0.1, -0.05) is 0 Å². The van der Waals surface area contributed by atoms with Gasteiger partial charge < -0.3 is 4.52 Å². The summed E-state index contributed by atoms with van der Waals surface area (Å²) in [5.74, 6) is 0.394. The molecule has 0 aromatic heterocycles. The molecule has 9 heteroatoms. The SMILES string of the molecule is CCOP(=S)(OCC)Oc1ccc([N+](=O)[O-])cc1.[Na+]. The predicted octanol–water partition coefficient (Wildman–Crippen LogP) is 0.275. The summed E-state index contributed by atoms with van der Waals surface area (Å²) in [7, 11) is 0. The maximum atomic E-state index is 10.5. The molecule has 0 fully saturated rings.